The normalized spacial score (nSPS) is 34.4. The van der Waals surface area contributed by atoms with Gasteiger partial charge in [-0.15, -0.1) is 0 Å². The molecule has 0 saturated heterocycles. The van der Waals surface area contributed by atoms with Crippen LogP contribution in [-0.4, -0.2) is 19.3 Å². The Morgan fingerprint density at radius 2 is 1.73 bits per heavy atom. The lowest BCUT2D eigenvalue weighted by molar-refractivity contribution is 0.0640. The van der Waals surface area contributed by atoms with E-state index in [4.69, 9.17) is 10.5 Å². The molecule has 1 saturated carbocycles. The molecule has 0 unspecified atom stereocenters. The summed E-state index contributed by atoms with van der Waals surface area (Å²) in [5, 5.41) is 0. The summed E-state index contributed by atoms with van der Waals surface area (Å²) in [6.45, 7) is 0. The Labute approximate surface area is 69.1 Å². The molecule has 11 heavy (non-hydrogen) atoms. The Bertz CT molecular complexity index is 106. The van der Waals surface area contributed by atoms with Gasteiger partial charge in [0.05, 0.1) is 6.10 Å². The van der Waals surface area contributed by atoms with Crippen LogP contribution < -0.4 is 5.73 Å². The van der Waals surface area contributed by atoms with Gasteiger partial charge in [0.2, 0.25) is 0 Å². The quantitative estimate of drug-likeness (QED) is 0.628. The summed E-state index contributed by atoms with van der Waals surface area (Å²) in [4.78, 5) is 0. The average molecular weight is 157 g/mol. The molecule has 2 N–H and O–H groups in total. The minimum atomic E-state index is 0.278. The first-order chi connectivity index (χ1) is 5.34. The van der Waals surface area contributed by atoms with Crippen LogP contribution in [0.3, 0.4) is 0 Å². The monoisotopic (exact) mass is 157 g/mol. The Hall–Kier alpha value is -0.0800. The molecule has 2 heteroatoms. The lowest BCUT2D eigenvalue weighted by Crippen LogP contribution is -2.36. The lowest BCUT2D eigenvalue weighted by atomic mass is 9.95. The topological polar surface area (TPSA) is 35.2 Å². The summed E-state index contributed by atoms with van der Waals surface area (Å²) in [7, 11) is 1.77. The first-order valence-corrected chi connectivity index (χ1v) is 4.63. The Morgan fingerprint density at radius 3 is 2.36 bits per heavy atom. The summed E-state index contributed by atoms with van der Waals surface area (Å²) in [6, 6.07) is 0.278. The van der Waals surface area contributed by atoms with E-state index in [-0.39, 0.29) is 6.04 Å². The second kappa shape index (κ2) is 4.73. The maximum atomic E-state index is 5.93. The van der Waals surface area contributed by atoms with E-state index in [2.05, 4.69) is 0 Å². The zero-order valence-corrected chi connectivity index (χ0v) is 7.38. The van der Waals surface area contributed by atoms with Crippen molar-refractivity contribution in [3.8, 4) is 0 Å². The Morgan fingerprint density at radius 1 is 1.09 bits per heavy atom. The molecule has 0 aromatic carbocycles. The molecule has 0 amide bonds. The van der Waals surface area contributed by atoms with Gasteiger partial charge in [0.1, 0.15) is 0 Å². The van der Waals surface area contributed by atoms with Crippen molar-refractivity contribution in [3.63, 3.8) is 0 Å². The molecule has 0 spiro atoms. The summed E-state index contributed by atoms with van der Waals surface area (Å²) in [5.74, 6) is 0. The van der Waals surface area contributed by atoms with Gasteiger partial charge in [-0.2, -0.15) is 0 Å². The third kappa shape index (κ3) is 2.80. The predicted octanol–water partition coefficient (Wildman–Crippen LogP) is 1.68. The van der Waals surface area contributed by atoms with Gasteiger partial charge in [0, 0.05) is 13.2 Å². The SMILES string of the molecule is CO[C@@H]1CCCCCC[C@H]1N. The average Bonchev–Trinajstić information content (AvgIpc) is 1.98. The lowest BCUT2D eigenvalue weighted by Gasteiger charge is -2.24. The minimum Gasteiger partial charge on any atom is -0.380 e. The maximum Gasteiger partial charge on any atom is 0.0722 e. The maximum absolute atomic E-state index is 5.93. The van der Waals surface area contributed by atoms with E-state index in [0.717, 1.165) is 12.8 Å². The first kappa shape index (κ1) is 9.01. The molecule has 1 aliphatic rings. The van der Waals surface area contributed by atoms with Crippen molar-refractivity contribution in [2.75, 3.05) is 7.11 Å². The molecule has 0 radical (unpaired) electrons. The molecule has 2 nitrogen and oxygen atoms in total. The van der Waals surface area contributed by atoms with Gasteiger partial charge >= 0.3 is 0 Å². The fraction of sp³-hybridized carbons (Fsp3) is 1.00. The summed E-state index contributed by atoms with van der Waals surface area (Å²) in [5.41, 5.74) is 5.93. The fourth-order valence-electron chi connectivity index (χ4n) is 1.77. The Kier molecular flexibility index (Phi) is 3.87. The van der Waals surface area contributed by atoms with Crippen molar-refractivity contribution in [2.24, 2.45) is 5.73 Å². The number of hydrogen-bond acceptors (Lipinski definition) is 2. The summed E-state index contributed by atoms with van der Waals surface area (Å²) in [6.07, 6.45) is 7.87. The summed E-state index contributed by atoms with van der Waals surface area (Å²) < 4.78 is 5.31. The molecule has 1 aliphatic carbocycles. The molecule has 2 atom stereocenters. The zero-order valence-electron chi connectivity index (χ0n) is 7.38. The smallest absolute Gasteiger partial charge is 0.0722 e. The van der Waals surface area contributed by atoms with Crippen LogP contribution in [-0.2, 0) is 4.74 Å². The zero-order chi connectivity index (χ0) is 8.10. The molecule has 0 aromatic heterocycles. The highest BCUT2D eigenvalue weighted by molar-refractivity contribution is 4.75. The van der Waals surface area contributed by atoms with Crippen LogP contribution in [0.5, 0.6) is 0 Å². The third-order valence-electron chi connectivity index (χ3n) is 2.56. The van der Waals surface area contributed by atoms with Gasteiger partial charge in [-0.25, -0.2) is 0 Å². The molecule has 0 aromatic rings. The highest BCUT2D eigenvalue weighted by Gasteiger charge is 2.17. The van der Waals surface area contributed by atoms with Crippen LogP contribution in [0.2, 0.25) is 0 Å². The highest BCUT2D eigenvalue weighted by Crippen LogP contribution is 2.18. The van der Waals surface area contributed by atoms with Crippen molar-refractivity contribution in [3.05, 3.63) is 0 Å². The molecular weight excluding hydrogens is 138 g/mol. The molecule has 0 heterocycles. The van der Waals surface area contributed by atoms with E-state index >= 15 is 0 Å². The van der Waals surface area contributed by atoms with E-state index in [0.29, 0.717) is 6.10 Å². The van der Waals surface area contributed by atoms with Crippen molar-refractivity contribution < 1.29 is 4.74 Å². The van der Waals surface area contributed by atoms with E-state index in [1.165, 1.54) is 25.7 Å². The van der Waals surface area contributed by atoms with Gasteiger partial charge in [-0.3, -0.25) is 0 Å². The van der Waals surface area contributed by atoms with Crippen LogP contribution in [0.15, 0.2) is 0 Å². The summed E-state index contributed by atoms with van der Waals surface area (Å²) >= 11 is 0. The fourth-order valence-corrected chi connectivity index (χ4v) is 1.77. The van der Waals surface area contributed by atoms with Gasteiger partial charge in [-0.05, 0) is 12.8 Å². The number of methoxy groups -OCH3 is 1. The third-order valence-corrected chi connectivity index (χ3v) is 2.56. The van der Waals surface area contributed by atoms with Crippen LogP contribution in [0.1, 0.15) is 38.5 Å². The largest absolute Gasteiger partial charge is 0.380 e. The number of ether oxygens (including phenoxy) is 1. The van der Waals surface area contributed by atoms with E-state index < -0.39 is 0 Å². The van der Waals surface area contributed by atoms with Crippen molar-refractivity contribution in [2.45, 2.75) is 50.7 Å². The standard InChI is InChI=1S/C9H19NO/c1-11-9-7-5-3-2-4-6-8(9)10/h8-9H,2-7,10H2,1H3/t8-,9-/m1/s1. The van der Waals surface area contributed by atoms with Crippen molar-refractivity contribution >= 4 is 0 Å². The Balaban J connectivity index is 2.33. The van der Waals surface area contributed by atoms with Crippen LogP contribution >= 0.6 is 0 Å². The molecule has 66 valence electrons. The minimum absolute atomic E-state index is 0.278. The molecule has 1 fully saturated rings. The first-order valence-electron chi connectivity index (χ1n) is 4.63. The predicted molar refractivity (Wildman–Crippen MR) is 46.5 cm³/mol. The van der Waals surface area contributed by atoms with E-state index in [9.17, 15) is 0 Å². The van der Waals surface area contributed by atoms with Gasteiger partial charge in [0.15, 0.2) is 0 Å². The second-order valence-corrected chi connectivity index (χ2v) is 3.43. The number of rotatable bonds is 1. The van der Waals surface area contributed by atoms with Crippen molar-refractivity contribution in [1.82, 2.24) is 0 Å². The van der Waals surface area contributed by atoms with Crippen molar-refractivity contribution in [1.29, 1.82) is 0 Å². The van der Waals surface area contributed by atoms with Gasteiger partial charge in [-0.1, -0.05) is 25.7 Å². The van der Waals surface area contributed by atoms with Crippen LogP contribution in [0.25, 0.3) is 0 Å². The van der Waals surface area contributed by atoms with E-state index in [1.54, 1.807) is 7.11 Å². The molecule has 1 rings (SSSR count). The van der Waals surface area contributed by atoms with Crippen LogP contribution in [0, 0.1) is 0 Å². The second-order valence-electron chi connectivity index (χ2n) is 3.43. The van der Waals surface area contributed by atoms with Gasteiger partial charge < -0.3 is 10.5 Å². The highest BCUT2D eigenvalue weighted by atomic mass is 16.5. The molecule has 0 bridgehead atoms. The van der Waals surface area contributed by atoms with Gasteiger partial charge in [0.25, 0.3) is 0 Å². The number of hydrogen-bond donors (Lipinski definition) is 1. The molecular formula is C9H19NO. The van der Waals surface area contributed by atoms with Crippen LogP contribution in [0.4, 0.5) is 0 Å². The number of nitrogens with two attached hydrogens (primary N) is 1. The van der Waals surface area contributed by atoms with E-state index in [1.807, 2.05) is 0 Å². The molecule has 0 aliphatic heterocycles.